The van der Waals surface area contributed by atoms with Crippen LogP contribution in [0.1, 0.15) is 31.4 Å². The average Bonchev–Trinajstić information content (AvgIpc) is 2.68. The van der Waals surface area contributed by atoms with Crippen molar-refractivity contribution in [3.63, 3.8) is 0 Å². The SMILES string of the molecule is CC(C)(O)c1ccc2c(c1)/C(=C/CCBr)C1=CC=CNC1=CO2. The number of allylic oxidation sites excluding steroid dienone is 4. The van der Waals surface area contributed by atoms with Gasteiger partial charge in [-0.05, 0) is 49.6 Å². The molecule has 2 aliphatic heterocycles. The van der Waals surface area contributed by atoms with Gasteiger partial charge in [-0.1, -0.05) is 34.1 Å². The fraction of sp³-hybridized carbons (Fsp3) is 0.263. The van der Waals surface area contributed by atoms with E-state index in [-0.39, 0.29) is 0 Å². The molecule has 0 atom stereocenters. The zero-order valence-electron chi connectivity index (χ0n) is 13.3. The van der Waals surface area contributed by atoms with Gasteiger partial charge in [-0.15, -0.1) is 0 Å². The van der Waals surface area contributed by atoms with E-state index in [9.17, 15) is 5.11 Å². The number of nitrogens with one attached hydrogen (secondary N) is 1. The lowest BCUT2D eigenvalue weighted by Gasteiger charge is -2.21. The lowest BCUT2D eigenvalue weighted by molar-refractivity contribution is 0.0785. The molecule has 0 amide bonds. The highest BCUT2D eigenvalue weighted by Gasteiger charge is 2.24. The molecular weight excluding hydrogens is 354 g/mol. The molecule has 0 fully saturated rings. The Morgan fingerprint density at radius 2 is 2.17 bits per heavy atom. The summed E-state index contributed by atoms with van der Waals surface area (Å²) in [6, 6.07) is 5.85. The summed E-state index contributed by atoms with van der Waals surface area (Å²) in [5.41, 5.74) is 4.13. The van der Waals surface area contributed by atoms with Gasteiger partial charge >= 0.3 is 0 Å². The zero-order chi connectivity index (χ0) is 16.4. The number of ether oxygens (including phenoxy) is 1. The summed E-state index contributed by atoms with van der Waals surface area (Å²) in [5.74, 6) is 0.795. The molecule has 0 aromatic heterocycles. The summed E-state index contributed by atoms with van der Waals surface area (Å²) in [6.45, 7) is 3.59. The summed E-state index contributed by atoms with van der Waals surface area (Å²) in [6.07, 6.45) is 10.8. The summed E-state index contributed by atoms with van der Waals surface area (Å²) < 4.78 is 5.86. The van der Waals surface area contributed by atoms with Gasteiger partial charge in [0.15, 0.2) is 0 Å². The third-order valence-electron chi connectivity index (χ3n) is 3.92. The molecule has 120 valence electrons. The van der Waals surface area contributed by atoms with Crippen molar-refractivity contribution in [1.29, 1.82) is 0 Å². The highest BCUT2D eigenvalue weighted by molar-refractivity contribution is 9.09. The predicted molar refractivity (Wildman–Crippen MR) is 97.1 cm³/mol. The Morgan fingerprint density at radius 3 is 2.91 bits per heavy atom. The molecule has 1 aromatic rings. The number of benzene rings is 1. The normalized spacial score (nSPS) is 18.2. The van der Waals surface area contributed by atoms with Crippen molar-refractivity contribution >= 4 is 21.5 Å². The van der Waals surface area contributed by atoms with Gasteiger partial charge in [-0.25, -0.2) is 0 Å². The minimum absolute atomic E-state index is 0.795. The summed E-state index contributed by atoms with van der Waals surface area (Å²) >= 11 is 3.49. The second-order valence-corrected chi connectivity index (χ2v) is 6.89. The van der Waals surface area contributed by atoms with Gasteiger partial charge < -0.3 is 15.2 Å². The summed E-state index contributed by atoms with van der Waals surface area (Å²) in [5, 5.41) is 14.5. The van der Waals surface area contributed by atoms with Gasteiger partial charge in [0, 0.05) is 22.7 Å². The van der Waals surface area contributed by atoms with Gasteiger partial charge in [0.25, 0.3) is 0 Å². The molecule has 4 heteroatoms. The molecule has 0 aliphatic carbocycles. The minimum atomic E-state index is -0.892. The maximum absolute atomic E-state index is 10.3. The van der Waals surface area contributed by atoms with Crippen molar-refractivity contribution in [3.8, 4) is 5.75 Å². The number of rotatable bonds is 3. The van der Waals surface area contributed by atoms with Crippen molar-refractivity contribution < 1.29 is 9.84 Å². The van der Waals surface area contributed by atoms with E-state index in [2.05, 4.69) is 33.4 Å². The maximum atomic E-state index is 10.3. The number of halogens is 1. The van der Waals surface area contributed by atoms with Crippen LogP contribution in [0.15, 0.2) is 60.2 Å². The van der Waals surface area contributed by atoms with Crippen molar-refractivity contribution in [2.45, 2.75) is 25.9 Å². The first-order valence-corrected chi connectivity index (χ1v) is 8.77. The fourth-order valence-corrected chi connectivity index (χ4v) is 2.92. The monoisotopic (exact) mass is 373 g/mol. The van der Waals surface area contributed by atoms with Crippen LogP contribution in [0.25, 0.3) is 5.57 Å². The van der Waals surface area contributed by atoms with Crippen LogP contribution in [0.5, 0.6) is 5.75 Å². The molecule has 0 bridgehead atoms. The van der Waals surface area contributed by atoms with E-state index in [0.717, 1.165) is 45.5 Å². The van der Waals surface area contributed by atoms with Crippen LogP contribution in [-0.4, -0.2) is 10.4 Å². The Hall–Kier alpha value is -1.78. The smallest absolute Gasteiger partial charge is 0.134 e. The zero-order valence-corrected chi connectivity index (χ0v) is 14.9. The van der Waals surface area contributed by atoms with Crippen LogP contribution < -0.4 is 10.1 Å². The Bertz CT molecular complexity index is 736. The van der Waals surface area contributed by atoms with Crippen LogP contribution >= 0.6 is 15.9 Å². The van der Waals surface area contributed by atoms with E-state index in [1.54, 1.807) is 20.1 Å². The van der Waals surface area contributed by atoms with Crippen LogP contribution in [0.4, 0.5) is 0 Å². The second kappa shape index (κ2) is 6.38. The molecule has 0 unspecified atom stereocenters. The number of fused-ring (bicyclic) bond motifs is 2. The first-order valence-electron chi connectivity index (χ1n) is 7.65. The molecule has 2 N–H and O–H groups in total. The molecule has 3 nitrogen and oxygen atoms in total. The second-order valence-electron chi connectivity index (χ2n) is 6.10. The van der Waals surface area contributed by atoms with Crippen molar-refractivity contribution in [3.05, 3.63) is 71.3 Å². The highest BCUT2D eigenvalue weighted by atomic mass is 79.9. The molecule has 3 rings (SSSR count). The Kier molecular flexibility index (Phi) is 4.46. The molecule has 23 heavy (non-hydrogen) atoms. The van der Waals surface area contributed by atoms with Crippen LogP contribution in [0.2, 0.25) is 0 Å². The Balaban J connectivity index is 2.18. The van der Waals surface area contributed by atoms with Gasteiger partial charge in [0.2, 0.25) is 0 Å². The molecular formula is C19H20BrNO2. The first kappa shape index (κ1) is 16.1. The quantitative estimate of drug-likeness (QED) is 0.773. The van der Waals surface area contributed by atoms with Gasteiger partial charge in [0.1, 0.15) is 12.0 Å². The fourth-order valence-electron chi connectivity index (χ4n) is 2.69. The predicted octanol–water partition coefficient (Wildman–Crippen LogP) is 4.36. The molecule has 1 aromatic carbocycles. The van der Waals surface area contributed by atoms with E-state index in [1.807, 2.05) is 30.5 Å². The topological polar surface area (TPSA) is 41.5 Å². The Labute approximate surface area is 145 Å². The van der Waals surface area contributed by atoms with Crippen LogP contribution in [0, 0.1) is 0 Å². The molecule has 0 saturated heterocycles. The van der Waals surface area contributed by atoms with E-state index >= 15 is 0 Å². The Morgan fingerprint density at radius 1 is 1.35 bits per heavy atom. The van der Waals surface area contributed by atoms with Crippen molar-refractivity contribution in [2.75, 3.05) is 5.33 Å². The van der Waals surface area contributed by atoms with Crippen molar-refractivity contribution in [2.24, 2.45) is 0 Å². The van der Waals surface area contributed by atoms with E-state index in [1.165, 1.54) is 0 Å². The third kappa shape index (κ3) is 3.28. The van der Waals surface area contributed by atoms with E-state index < -0.39 is 5.60 Å². The van der Waals surface area contributed by atoms with Gasteiger partial charge in [0.05, 0.1) is 11.3 Å². The largest absolute Gasteiger partial charge is 0.462 e. The third-order valence-corrected chi connectivity index (χ3v) is 4.37. The molecule has 0 radical (unpaired) electrons. The first-order chi connectivity index (χ1) is 11.0. The number of hydrogen-bond acceptors (Lipinski definition) is 3. The molecule has 2 heterocycles. The average molecular weight is 374 g/mol. The maximum Gasteiger partial charge on any atom is 0.134 e. The number of aliphatic hydroxyl groups is 1. The lowest BCUT2D eigenvalue weighted by Crippen LogP contribution is -2.15. The molecule has 0 saturated carbocycles. The summed E-state index contributed by atoms with van der Waals surface area (Å²) in [4.78, 5) is 0. The van der Waals surface area contributed by atoms with Crippen LogP contribution in [-0.2, 0) is 5.60 Å². The highest BCUT2D eigenvalue weighted by Crippen LogP contribution is 2.40. The standard InChI is InChI=1S/C19H20BrNO2/c1-19(2,22)13-7-8-18-16(11-13)14(5-3-9-20)15-6-4-10-21-17(15)12-23-18/h4-8,10-12,21-22H,3,9H2,1-2H3/b14-5+. The summed E-state index contributed by atoms with van der Waals surface area (Å²) in [7, 11) is 0. The van der Waals surface area contributed by atoms with Gasteiger partial charge in [-0.3, -0.25) is 0 Å². The van der Waals surface area contributed by atoms with E-state index in [4.69, 9.17) is 4.74 Å². The lowest BCUT2D eigenvalue weighted by atomic mass is 9.89. The molecule has 0 spiro atoms. The van der Waals surface area contributed by atoms with Gasteiger partial charge in [-0.2, -0.15) is 0 Å². The van der Waals surface area contributed by atoms with E-state index in [0.29, 0.717) is 0 Å². The molecule has 2 aliphatic rings. The minimum Gasteiger partial charge on any atom is -0.462 e. The van der Waals surface area contributed by atoms with Crippen molar-refractivity contribution in [1.82, 2.24) is 5.32 Å². The number of dihydropyridines is 1. The number of alkyl halides is 1. The van der Waals surface area contributed by atoms with Crippen LogP contribution in [0.3, 0.4) is 0 Å². The number of hydrogen-bond donors (Lipinski definition) is 2.